The molecule has 0 unspecified atom stereocenters. The van der Waals surface area contributed by atoms with Crippen LogP contribution in [-0.4, -0.2) is 20.7 Å². The maximum atomic E-state index is 12.9. The number of hydrogen-bond acceptors (Lipinski definition) is 4. The lowest BCUT2D eigenvalue weighted by atomic mass is 10.1. The van der Waals surface area contributed by atoms with Gasteiger partial charge in [-0.15, -0.1) is 0 Å². The van der Waals surface area contributed by atoms with E-state index in [4.69, 9.17) is 4.52 Å². The number of nitrogens with zero attached hydrogens (tertiary/aromatic N) is 3. The summed E-state index contributed by atoms with van der Waals surface area (Å²) in [5, 5.41) is 7.39. The van der Waals surface area contributed by atoms with Crippen molar-refractivity contribution < 1.29 is 8.91 Å². The Morgan fingerprint density at radius 3 is 2.86 bits per heavy atom. The second-order valence-corrected chi connectivity index (χ2v) is 5.23. The molecule has 0 fully saturated rings. The van der Waals surface area contributed by atoms with Crippen LogP contribution in [0.3, 0.4) is 0 Å². The van der Waals surface area contributed by atoms with Gasteiger partial charge in [0.1, 0.15) is 11.5 Å². The highest BCUT2D eigenvalue weighted by molar-refractivity contribution is 5.58. The quantitative estimate of drug-likeness (QED) is 0.760. The van der Waals surface area contributed by atoms with E-state index in [-0.39, 0.29) is 11.9 Å². The van der Waals surface area contributed by atoms with E-state index in [1.54, 1.807) is 24.7 Å². The zero-order chi connectivity index (χ0) is 15.4. The van der Waals surface area contributed by atoms with Crippen molar-refractivity contribution in [2.45, 2.75) is 26.1 Å². The fourth-order valence-corrected chi connectivity index (χ4v) is 2.20. The number of aromatic nitrogens is 3. The molecule has 0 amide bonds. The molecule has 0 bridgehead atoms. The summed E-state index contributed by atoms with van der Waals surface area (Å²) in [4.78, 5) is 4.02. The zero-order valence-electron chi connectivity index (χ0n) is 12.2. The van der Waals surface area contributed by atoms with Crippen LogP contribution in [0.2, 0.25) is 0 Å². The van der Waals surface area contributed by atoms with Gasteiger partial charge in [0.05, 0.1) is 12.9 Å². The first kappa shape index (κ1) is 14.5. The van der Waals surface area contributed by atoms with Crippen molar-refractivity contribution in [2.24, 2.45) is 0 Å². The third kappa shape index (κ3) is 3.59. The molecule has 114 valence electrons. The summed E-state index contributed by atoms with van der Waals surface area (Å²) < 4.78 is 20.2. The SMILES string of the molecule is C[C@@H](Cn1ccnc1)NCc1cc(-c2ccc(F)cc2)no1. The number of benzene rings is 1. The third-order valence-electron chi connectivity index (χ3n) is 3.37. The van der Waals surface area contributed by atoms with Crippen LogP contribution < -0.4 is 5.32 Å². The van der Waals surface area contributed by atoms with E-state index >= 15 is 0 Å². The molecule has 5 nitrogen and oxygen atoms in total. The summed E-state index contributed by atoms with van der Waals surface area (Å²) in [5.41, 5.74) is 1.54. The van der Waals surface area contributed by atoms with E-state index in [2.05, 4.69) is 22.4 Å². The molecule has 0 aliphatic rings. The first-order valence-electron chi connectivity index (χ1n) is 7.11. The molecule has 3 rings (SSSR count). The molecule has 2 heterocycles. The van der Waals surface area contributed by atoms with Gasteiger partial charge in [-0.05, 0) is 31.2 Å². The molecule has 1 atom stereocenters. The van der Waals surface area contributed by atoms with E-state index in [0.717, 1.165) is 17.9 Å². The summed E-state index contributed by atoms with van der Waals surface area (Å²) in [6, 6.07) is 8.33. The van der Waals surface area contributed by atoms with Crippen LogP contribution >= 0.6 is 0 Å². The van der Waals surface area contributed by atoms with Gasteiger partial charge in [0, 0.05) is 36.6 Å². The Morgan fingerprint density at radius 1 is 1.32 bits per heavy atom. The van der Waals surface area contributed by atoms with Crippen LogP contribution in [0, 0.1) is 5.82 Å². The summed E-state index contributed by atoms with van der Waals surface area (Å²) in [5.74, 6) is 0.485. The van der Waals surface area contributed by atoms with Crippen molar-refractivity contribution in [1.29, 1.82) is 0 Å². The van der Waals surface area contributed by atoms with Crippen LogP contribution in [0.25, 0.3) is 11.3 Å². The van der Waals surface area contributed by atoms with E-state index in [1.165, 1.54) is 12.1 Å². The molecule has 0 radical (unpaired) electrons. The molecule has 1 N–H and O–H groups in total. The van der Waals surface area contributed by atoms with Gasteiger partial charge in [-0.3, -0.25) is 0 Å². The molecule has 0 aliphatic heterocycles. The minimum Gasteiger partial charge on any atom is -0.359 e. The number of halogens is 1. The number of nitrogens with one attached hydrogen (secondary N) is 1. The van der Waals surface area contributed by atoms with E-state index in [1.807, 2.05) is 16.8 Å². The Hall–Kier alpha value is -2.47. The van der Waals surface area contributed by atoms with Crippen molar-refractivity contribution in [3.8, 4) is 11.3 Å². The van der Waals surface area contributed by atoms with E-state index in [0.29, 0.717) is 12.2 Å². The Kier molecular flexibility index (Phi) is 4.29. The molecular weight excluding hydrogens is 283 g/mol. The first-order chi connectivity index (χ1) is 10.7. The topological polar surface area (TPSA) is 55.9 Å². The Labute approximate surface area is 127 Å². The van der Waals surface area contributed by atoms with Gasteiger partial charge >= 0.3 is 0 Å². The fourth-order valence-electron chi connectivity index (χ4n) is 2.20. The summed E-state index contributed by atoms with van der Waals surface area (Å²) >= 11 is 0. The first-order valence-corrected chi connectivity index (χ1v) is 7.11. The normalized spacial score (nSPS) is 12.5. The second kappa shape index (κ2) is 6.53. The van der Waals surface area contributed by atoms with E-state index < -0.39 is 0 Å². The predicted molar refractivity (Wildman–Crippen MR) is 80.4 cm³/mol. The van der Waals surface area contributed by atoms with Crippen LogP contribution in [-0.2, 0) is 13.1 Å². The molecule has 22 heavy (non-hydrogen) atoms. The molecule has 6 heteroatoms. The fraction of sp³-hybridized carbons (Fsp3) is 0.250. The highest BCUT2D eigenvalue weighted by Crippen LogP contribution is 2.19. The molecule has 0 spiro atoms. The van der Waals surface area contributed by atoms with Gasteiger partial charge in [0.15, 0.2) is 5.76 Å². The van der Waals surface area contributed by atoms with Gasteiger partial charge in [0.2, 0.25) is 0 Å². The van der Waals surface area contributed by atoms with Crippen molar-refractivity contribution in [2.75, 3.05) is 0 Å². The lowest BCUT2D eigenvalue weighted by molar-refractivity contribution is 0.360. The van der Waals surface area contributed by atoms with Gasteiger partial charge in [-0.1, -0.05) is 5.16 Å². The lowest BCUT2D eigenvalue weighted by Crippen LogP contribution is -2.29. The minimum atomic E-state index is -0.262. The maximum absolute atomic E-state index is 12.9. The maximum Gasteiger partial charge on any atom is 0.151 e. The molecule has 2 aromatic heterocycles. The third-order valence-corrected chi connectivity index (χ3v) is 3.37. The molecule has 0 saturated carbocycles. The van der Waals surface area contributed by atoms with Crippen molar-refractivity contribution in [3.63, 3.8) is 0 Å². The summed E-state index contributed by atoms with van der Waals surface area (Å²) in [7, 11) is 0. The van der Waals surface area contributed by atoms with Gasteiger partial charge < -0.3 is 14.4 Å². The Bertz CT molecular complexity index is 706. The Balaban J connectivity index is 1.56. The van der Waals surface area contributed by atoms with Crippen molar-refractivity contribution in [1.82, 2.24) is 20.0 Å². The van der Waals surface area contributed by atoms with Crippen molar-refractivity contribution >= 4 is 0 Å². The molecular formula is C16H17FN4O. The van der Waals surface area contributed by atoms with Crippen LogP contribution in [0.4, 0.5) is 4.39 Å². The van der Waals surface area contributed by atoms with Crippen LogP contribution in [0.15, 0.2) is 53.6 Å². The number of rotatable bonds is 6. The monoisotopic (exact) mass is 300 g/mol. The molecule has 3 aromatic rings. The summed E-state index contributed by atoms with van der Waals surface area (Å²) in [6.07, 6.45) is 5.48. The van der Waals surface area contributed by atoms with E-state index in [9.17, 15) is 4.39 Å². The highest BCUT2D eigenvalue weighted by atomic mass is 19.1. The molecule has 0 aliphatic carbocycles. The van der Waals surface area contributed by atoms with Crippen LogP contribution in [0.1, 0.15) is 12.7 Å². The number of imidazole rings is 1. The van der Waals surface area contributed by atoms with Gasteiger partial charge in [-0.2, -0.15) is 0 Å². The molecule has 1 aromatic carbocycles. The second-order valence-electron chi connectivity index (χ2n) is 5.23. The largest absolute Gasteiger partial charge is 0.359 e. The average molecular weight is 300 g/mol. The average Bonchev–Trinajstić information content (AvgIpc) is 3.17. The number of hydrogen-bond donors (Lipinski definition) is 1. The zero-order valence-corrected chi connectivity index (χ0v) is 12.2. The minimum absolute atomic E-state index is 0.262. The molecule has 0 saturated heterocycles. The van der Waals surface area contributed by atoms with Crippen LogP contribution in [0.5, 0.6) is 0 Å². The van der Waals surface area contributed by atoms with Crippen molar-refractivity contribution in [3.05, 3.63) is 60.6 Å². The predicted octanol–water partition coefficient (Wildman–Crippen LogP) is 2.86. The smallest absolute Gasteiger partial charge is 0.151 e. The highest BCUT2D eigenvalue weighted by Gasteiger charge is 2.08. The van der Waals surface area contributed by atoms with Gasteiger partial charge in [-0.25, -0.2) is 9.37 Å². The Morgan fingerprint density at radius 2 is 2.14 bits per heavy atom. The van der Waals surface area contributed by atoms with Gasteiger partial charge in [0.25, 0.3) is 0 Å². The lowest BCUT2D eigenvalue weighted by Gasteiger charge is -2.12. The standard InChI is InChI=1S/C16H17FN4O/c1-12(10-21-7-6-18-11-21)19-9-15-8-16(20-22-15)13-2-4-14(17)5-3-13/h2-8,11-12,19H,9-10H2,1H3/t12-/m0/s1. The summed E-state index contributed by atoms with van der Waals surface area (Å²) in [6.45, 7) is 3.51.